The lowest BCUT2D eigenvalue weighted by Gasteiger charge is -2.08. The van der Waals surface area contributed by atoms with E-state index in [-0.39, 0.29) is 16.8 Å². The van der Waals surface area contributed by atoms with Crippen LogP contribution < -0.4 is 10.2 Å². The molecule has 0 aromatic heterocycles. The second-order valence-corrected chi connectivity index (χ2v) is 2.56. The molecule has 70 valence electrons. The Labute approximate surface area is 82.3 Å². The number of ether oxygens (including phenoxy) is 1. The third kappa shape index (κ3) is 2.47. The van der Waals surface area contributed by atoms with Gasteiger partial charge in [0.25, 0.3) is 0 Å². The van der Waals surface area contributed by atoms with Crippen LogP contribution in [0.15, 0.2) is 18.2 Å². The van der Waals surface area contributed by atoms with E-state index in [2.05, 4.69) is 0 Å². The molecule has 0 bridgehead atoms. The number of rotatable bonds is 3. The van der Waals surface area contributed by atoms with Crippen molar-refractivity contribution in [3.05, 3.63) is 23.8 Å². The van der Waals surface area contributed by atoms with Gasteiger partial charge in [0.2, 0.25) is 0 Å². The predicted molar refractivity (Wildman–Crippen MR) is 52.2 cm³/mol. The van der Waals surface area contributed by atoms with Crippen LogP contribution in [-0.2, 0) is 0 Å². The van der Waals surface area contributed by atoms with Crippen LogP contribution in [0, 0.1) is 6.85 Å². The molecule has 0 unspecified atom stereocenters. The summed E-state index contributed by atoms with van der Waals surface area (Å²) in [4.78, 5) is 0. The summed E-state index contributed by atoms with van der Waals surface area (Å²) in [6.07, 6.45) is 0. The Bertz CT molecular complexity index is 366. The molecule has 0 saturated heterocycles. The van der Waals surface area contributed by atoms with Crippen molar-refractivity contribution in [2.24, 2.45) is 0 Å². The van der Waals surface area contributed by atoms with E-state index in [0.717, 1.165) is 0 Å². The number of hydrogen-bond acceptors (Lipinski definition) is 3. The Balaban J connectivity index is 3.21. The van der Waals surface area contributed by atoms with E-state index in [1.165, 1.54) is 18.2 Å². The van der Waals surface area contributed by atoms with Crippen molar-refractivity contribution in [2.75, 3.05) is 6.61 Å². The molecule has 4 heteroatoms. The first-order valence-electron chi connectivity index (χ1n) is 5.49. The van der Waals surface area contributed by atoms with Gasteiger partial charge in [0.1, 0.15) is 5.75 Å². The van der Waals surface area contributed by atoms with Crippen LogP contribution in [0.25, 0.3) is 0 Å². The van der Waals surface area contributed by atoms with Gasteiger partial charge in [-0.25, -0.2) is 0 Å². The molecule has 0 heterocycles. The standard InChI is InChI=1S/C9H13BO3/c1-3-13-9-5-4-8(10(11)12)6-7(9)2/h4-6,11-12H,3H2,1-2H3/i2D3. The van der Waals surface area contributed by atoms with Crippen molar-refractivity contribution >= 4 is 12.6 Å². The molecule has 1 aromatic carbocycles. The highest BCUT2D eigenvalue weighted by Gasteiger charge is 2.11. The lowest BCUT2D eigenvalue weighted by molar-refractivity contribution is 0.338. The number of aryl methyl sites for hydroxylation is 1. The van der Waals surface area contributed by atoms with E-state index in [1.54, 1.807) is 6.92 Å². The monoisotopic (exact) mass is 183 g/mol. The third-order valence-electron chi connectivity index (χ3n) is 1.60. The summed E-state index contributed by atoms with van der Waals surface area (Å²) in [7, 11) is -1.68. The van der Waals surface area contributed by atoms with E-state index < -0.39 is 14.0 Å². The van der Waals surface area contributed by atoms with Gasteiger partial charge in [-0.05, 0) is 30.9 Å². The molecular formula is C9H13BO3. The van der Waals surface area contributed by atoms with Gasteiger partial charge in [0.05, 0.1) is 6.61 Å². The number of hydrogen-bond donors (Lipinski definition) is 2. The van der Waals surface area contributed by atoms with E-state index in [9.17, 15) is 0 Å². The molecule has 1 rings (SSSR count). The topological polar surface area (TPSA) is 49.7 Å². The summed E-state index contributed by atoms with van der Waals surface area (Å²) in [6.45, 7) is -0.238. The summed E-state index contributed by atoms with van der Waals surface area (Å²) < 4.78 is 27.1. The highest BCUT2D eigenvalue weighted by molar-refractivity contribution is 6.58. The van der Waals surface area contributed by atoms with Crippen molar-refractivity contribution in [2.45, 2.75) is 13.8 Å². The summed E-state index contributed by atoms with van der Waals surface area (Å²) >= 11 is 0. The Morgan fingerprint density at radius 1 is 1.54 bits per heavy atom. The average Bonchev–Trinajstić information content (AvgIpc) is 2.16. The Morgan fingerprint density at radius 2 is 2.31 bits per heavy atom. The van der Waals surface area contributed by atoms with Crippen LogP contribution in [0.4, 0.5) is 0 Å². The van der Waals surface area contributed by atoms with E-state index >= 15 is 0 Å². The first kappa shape index (κ1) is 6.46. The van der Waals surface area contributed by atoms with E-state index in [1.807, 2.05) is 0 Å². The highest BCUT2D eigenvalue weighted by atomic mass is 16.5. The molecule has 0 aliphatic heterocycles. The maximum Gasteiger partial charge on any atom is 0.488 e. The Kier molecular flexibility index (Phi) is 2.14. The number of benzene rings is 1. The van der Waals surface area contributed by atoms with Crippen molar-refractivity contribution in [1.82, 2.24) is 0 Å². The van der Waals surface area contributed by atoms with Gasteiger partial charge in [-0.15, -0.1) is 0 Å². The van der Waals surface area contributed by atoms with Crippen LogP contribution in [0.1, 0.15) is 16.6 Å². The molecule has 0 saturated carbocycles. The largest absolute Gasteiger partial charge is 0.494 e. The molecule has 0 fully saturated rings. The highest BCUT2D eigenvalue weighted by Crippen LogP contribution is 2.14. The minimum atomic E-state index is -2.34. The van der Waals surface area contributed by atoms with Gasteiger partial charge in [-0.2, -0.15) is 0 Å². The van der Waals surface area contributed by atoms with Gasteiger partial charge in [-0.3, -0.25) is 0 Å². The molecule has 0 spiro atoms. The van der Waals surface area contributed by atoms with Gasteiger partial charge in [0.15, 0.2) is 0 Å². The van der Waals surface area contributed by atoms with Crippen molar-refractivity contribution in [1.29, 1.82) is 0 Å². The van der Waals surface area contributed by atoms with Crippen LogP contribution in [0.3, 0.4) is 0 Å². The fraction of sp³-hybridized carbons (Fsp3) is 0.333. The molecule has 1 aromatic rings. The van der Waals surface area contributed by atoms with Crippen molar-refractivity contribution in [3.63, 3.8) is 0 Å². The summed E-state index contributed by atoms with van der Waals surface area (Å²) in [5.74, 6) is 0.243. The van der Waals surface area contributed by atoms with Gasteiger partial charge < -0.3 is 14.8 Å². The van der Waals surface area contributed by atoms with Crippen LogP contribution in [-0.4, -0.2) is 23.8 Å². The maximum atomic E-state index is 8.97. The molecule has 2 N–H and O–H groups in total. The second kappa shape index (κ2) is 4.30. The fourth-order valence-corrected chi connectivity index (χ4v) is 0.990. The lowest BCUT2D eigenvalue weighted by Crippen LogP contribution is -2.29. The fourth-order valence-electron chi connectivity index (χ4n) is 0.990. The van der Waals surface area contributed by atoms with Crippen LogP contribution in [0.5, 0.6) is 5.75 Å². The molecule has 0 amide bonds. The van der Waals surface area contributed by atoms with Crippen LogP contribution in [0.2, 0.25) is 0 Å². The van der Waals surface area contributed by atoms with Gasteiger partial charge in [-0.1, -0.05) is 12.1 Å². The normalized spacial score (nSPS) is 14.2. The molecule has 3 nitrogen and oxygen atoms in total. The van der Waals surface area contributed by atoms with Gasteiger partial charge >= 0.3 is 7.12 Å². The smallest absolute Gasteiger partial charge is 0.488 e. The van der Waals surface area contributed by atoms with E-state index in [0.29, 0.717) is 6.61 Å². The van der Waals surface area contributed by atoms with E-state index in [4.69, 9.17) is 18.9 Å². The zero-order valence-corrected chi connectivity index (χ0v) is 7.32. The molecule has 0 aliphatic carbocycles. The summed E-state index contributed by atoms with van der Waals surface area (Å²) in [5, 5.41) is 17.9. The minimum Gasteiger partial charge on any atom is -0.494 e. The van der Waals surface area contributed by atoms with Crippen molar-refractivity contribution < 1.29 is 18.9 Å². The molecule has 13 heavy (non-hydrogen) atoms. The van der Waals surface area contributed by atoms with Gasteiger partial charge in [0, 0.05) is 4.11 Å². The quantitative estimate of drug-likeness (QED) is 0.652. The molecular weight excluding hydrogens is 167 g/mol. The maximum absolute atomic E-state index is 8.97. The van der Waals surface area contributed by atoms with Crippen LogP contribution >= 0.6 is 0 Å². The first-order valence-corrected chi connectivity index (χ1v) is 3.99. The molecule has 0 radical (unpaired) electrons. The third-order valence-corrected chi connectivity index (χ3v) is 1.60. The predicted octanol–water partition coefficient (Wildman–Crippen LogP) is 0.0735. The molecule has 0 aliphatic rings. The Hall–Kier alpha value is -0.995. The Morgan fingerprint density at radius 3 is 2.85 bits per heavy atom. The first-order chi connectivity index (χ1) is 7.36. The lowest BCUT2D eigenvalue weighted by atomic mass is 9.79. The van der Waals surface area contributed by atoms with Crippen molar-refractivity contribution in [3.8, 4) is 5.75 Å². The minimum absolute atomic E-state index is 0.0139. The summed E-state index contributed by atoms with van der Waals surface area (Å²) in [5.41, 5.74) is 0.120. The average molecular weight is 183 g/mol. The zero-order chi connectivity index (χ0) is 12.3. The zero-order valence-electron chi connectivity index (χ0n) is 10.3. The summed E-state index contributed by atoms with van der Waals surface area (Å²) in [6, 6.07) is 4.08. The second-order valence-electron chi connectivity index (χ2n) is 2.56. The molecule has 0 atom stereocenters. The SMILES string of the molecule is [2H]C([2H])([2H])c1cc(B(O)O)ccc1OCC.